The smallest absolute Gasteiger partial charge is 0.251 e. The minimum atomic E-state index is -0.553. The number of pyridine rings is 1. The van der Waals surface area contributed by atoms with Crippen molar-refractivity contribution < 1.29 is 9.59 Å². The zero-order valence-corrected chi connectivity index (χ0v) is 19.2. The van der Waals surface area contributed by atoms with E-state index in [4.69, 9.17) is 0 Å². The van der Waals surface area contributed by atoms with Gasteiger partial charge in [0, 0.05) is 18.7 Å². The third-order valence-corrected chi connectivity index (χ3v) is 6.90. The maximum absolute atomic E-state index is 13.3. The molecule has 2 aromatic rings. The lowest BCUT2D eigenvalue weighted by Gasteiger charge is -2.30. The lowest BCUT2D eigenvalue weighted by Crippen LogP contribution is -2.49. The lowest BCUT2D eigenvalue weighted by atomic mass is 9.83. The van der Waals surface area contributed by atoms with Gasteiger partial charge in [-0.2, -0.15) is 0 Å². The van der Waals surface area contributed by atoms with E-state index in [0.717, 1.165) is 55.7 Å². The average molecular weight is 435 g/mol. The Kier molecular flexibility index (Phi) is 7.08. The second-order valence-corrected chi connectivity index (χ2v) is 9.24. The van der Waals surface area contributed by atoms with Gasteiger partial charge in [-0.1, -0.05) is 25.3 Å². The van der Waals surface area contributed by atoms with Gasteiger partial charge in [0.25, 0.3) is 5.91 Å². The van der Waals surface area contributed by atoms with Crippen molar-refractivity contribution in [2.24, 2.45) is 5.92 Å². The van der Waals surface area contributed by atoms with E-state index in [1.807, 2.05) is 44.2 Å². The van der Waals surface area contributed by atoms with Crippen LogP contribution in [0.5, 0.6) is 0 Å². The molecule has 0 bridgehead atoms. The third-order valence-electron chi connectivity index (χ3n) is 6.90. The predicted molar refractivity (Wildman–Crippen MR) is 128 cm³/mol. The van der Waals surface area contributed by atoms with Crippen LogP contribution in [0.3, 0.4) is 0 Å². The van der Waals surface area contributed by atoms with Crippen molar-refractivity contribution in [1.82, 2.24) is 10.3 Å². The van der Waals surface area contributed by atoms with Gasteiger partial charge in [-0.3, -0.25) is 9.59 Å². The first-order chi connectivity index (χ1) is 15.5. The van der Waals surface area contributed by atoms with E-state index >= 15 is 0 Å². The molecule has 0 unspecified atom stereocenters. The number of hydrogen-bond donors (Lipinski definition) is 2. The average Bonchev–Trinajstić information content (AvgIpc) is 3.35. The van der Waals surface area contributed by atoms with Gasteiger partial charge in [-0.15, -0.1) is 0 Å². The number of amides is 2. The number of nitrogens with one attached hydrogen (secondary N) is 2. The SMILES string of the molecule is Cc1ccc(C(=O)N[C@@H](C(=O)Nc2ccc(N3CCCC3)nc2)C2CCCCC2)cc1C. The van der Waals surface area contributed by atoms with Crippen LogP contribution in [0.4, 0.5) is 11.5 Å². The van der Waals surface area contributed by atoms with Crippen LogP contribution in [-0.2, 0) is 4.79 Å². The number of aromatic nitrogens is 1. The van der Waals surface area contributed by atoms with Gasteiger partial charge >= 0.3 is 0 Å². The molecule has 4 rings (SSSR count). The Morgan fingerprint density at radius 1 is 0.969 bits per heavy atom. The first-order valence-corrected chi connectivity index (χ1v) is 11.9. The number of nitrogens with zero attached hydrogens (tertiary/aromatic N) is 2. The Balaban J connectivity index is 1.47. The molecule has 0 radical (unpaired) electrons. The molecule has 2 fully saturated rings. The molecule has 1 saturated carbocycles. The fourth-order valence-corrected chi connectivity index (χ4v) is 4.79. The zero-order chi connectivity index (χ0) is 22.5. The highest BCUT2D eigenvalue weighted by Gasteiger charge is 2.31. The summed E-state index contributed by atoms with van der Waals surface area (Å²) in [7, 11) is 0. The van der Waals surface area contributed by atoms with Crippen LogP contribution < -0.4 is 15.5 Å². The van der Waals surface area contributed by atoms with Gasteiger partial charge in [-0.05, 0) is 80.8 Å². The fraction of sp³-hybridized carbons (Fsp3) is 0.500. The maximum Gasteiger partial charge on any atom is 0.251 e. The Morgan fingerprint density at radius 3 is 2.38 bits per heavy atom. The third kappa shape index (κ3) is 5.29. The first kappa shape index (κ1) is 22.3. The van der Waals surface area contributed by atoms with Crippen LogP contribution in [0.2, 0.25) is 0 Å². The van der Waals surface area contributed by atoms with Crippen molar-refractivity contribution in [3.05, 3.63) is 53.2 Å². The molecule has 1 aliphatic heterocycles. The monoisotopic (exact) mass is 434 g/mol. The van der Waals surface area contributed by atoms with Gasteiger partial charge in [0.2, 0.25) is 5.91 Å². The predicted octanol–water partition coefficient (Wildman–Crippen LogP) is 4.62. The lowest BCUT2D eigenvalue weighted by molar-refractivity contribution is -0.119. The summed E-state index contributed by atoms with van der Waals surface area (Å²) in [5.74, 6) is 0.745. The molecule has 32 heavy (non-hydrogen) atoms. The summed E-state index contributed by atoms with van der Waals surface area (Å²) in [6.45, 7) is 6.09. The molecule has 1 atom stereocenters. The molecule has 2 heterocycles. The van der Waals surface area contributed by atoms with E-state index in [1.54, 1.807) is 6.20 Å². The molecule has 6 nitrogen and oxygen atoms in total. The van der Waals surface area contributed by atoms with E-state index in [0.29, 0.717) is 11.3 Å². The summed E-state index contributed by atoms with van der Waals surface area (Å²) in [5.41, 5.74) is 3.48. The molecule has 2 aliphatic rings. The van der Waals surface area contributed by atoms with Crippen LogP contribution in [-0.4, -0.2) is 35.9 Å². The van der Waals surface area contributed by atoms with Crippen molar-refractivity contribution in [3.8, 4) is 0 Å². The molecule has 170 valence electrons. The van der Waals surface area contributed by atoms with Gasteiger partial charge in [-0.25, -0.2) is 4.98 Å². The topological polar surface area (TPSA) is 74.3 Å². The quantitative estimate of drug-likeness (QED) is 0.696. The minimum absolute atomic E-state index is 0.149. The molecular weight excluding hydrogens is 400 g/mol. The van der Waals surface area contributed by atoms with Crippen LogP contribution in [0.1, 0.15) is 66.4 Å². The Labute approximate surface area is 190 Å². The van der Waals surface area contributed by atoms with Gasteiger partial charge in [0.15, 0.2) is 0 Å². The second-order valence-electron chi connectivity index (χ2n) is 9.24. The highest BCUT2D eigenvalue weighted by atomic mass is 16.2. The number of rotatable bonds is 6. The number of hydrogen-bond acceptors (Lipinski definition) is 4. The van der Waals surface area contributed by atoms with E-state index < -0.39 is 6.04 Å². The van der Waals surface area contributed by atoms with Gasteiger partial charge in [0.1, 0.15) is 11.9 Å². The van der Waals surface area contributed by atoms with Gasteiger partial charge in [0.05, 0.1) is 11.9 Å². The molecule has 1 aromatic carbocycles. The number of benzene rings is 1. The highest BCUT2D eigenvalue weighted by Crippen LogP contribution is 2.28. The Hall–Kier alpha value is -2.89. The number of carbonyl (C=O) groups is 2. The second kappa shape index (κ2) is 10.2. The summed E-state index contributed by atoms with van der Waals surface area (Å²) in [4.78, 5) is 33.1. The molecule has 6 heteroatoms. The molecule has 2 amide bonds. The van der Waals surface area contributed by atoms with Crippen molar-refractivity contribution in [1.29, 1.82) is 0 Å². The minimum Gasteiger partial charge on any atom is -0.357 e. The molecule has 0 spiro atoms. The van der Waals surface area contributed by atoms with Crippen molar-refractivity contribution in [2.45, 2.75) is 64.8 Å². The van der Waals surface area contributed by atoms with E-state index in [2.05, 4.69) is 20.5 Å². The van der Waals surface area contributed by atoms with E-state index in [1.165, 1.54) is 19.3 Å². The van der Waals surface area contributed by atoms with Crippen LogP contribution in [0.15, 0.2) is 36.5 Å². The summed E-state index contributed by atoms with van der Waals surface area (Å²) in [5, 5.41) is 6.05. The Bertz CT molecular complexity index is 945. The van der Waals surface area contributed by atoms with Gasteiger partial charge < -0.3 is 15.5 Å². The molecule has 2 N–H and O–H groups in total. The number of aryl methyl sites for hydroxylation is 2. The van der Waals surface area contributed by atoms with Crippen LogP contribution >= 0.6 is 0 Å². The largest absolute Gasteiger partial charge is 0.357 e. The first-order valence-electron chi connectivity index (χ1n) is 11.9. The number of anilines is 2. The fourth-order valence-electron chi connectivity index (χ4n) is 4.79. The highest BCUT2D eigenvalue weighted by molar-refractivity contribution is 6.01. The summed E-state index contributed by atoms with van der Waals surface area (Å²) in [6.07, 6.45) is 9.41. The molecule has 1 aromatic heterocycles. The van der Waals surface area contributed by atoms with Crippen molar-refractivity contribution >= 4 is 23.3 Å². The molecule has 1 saturated heterocycles. The summed E-state index contributed by atoms with van der Waals surface area (Å²) < 4.78 is 0. The van der Waals surface area contributed by atoms with E-state index in [9.17, 15) is 9.59 Å². The zero-order valence-electron chi connectivity index (χ0n) is 19.2. The number of carbonyl (C=O) groups excluding carboxylic acids is 2. The van der Waals surface area contributed by atoms with Crippen molar-refractivity contribution in [3.63, 3.8) is 0 Å². The van der Waals surface area contributed by atoms with E-state index in [-0.39, 0.29) is 17.7 Å². The summed E-state index contributed by atoms with van der Waals surface area (Å²) >= 11 is 0. The van der Waals surface area contributed by atoms with Crippen LogP contribution in [0.25, 0.3) is 0 Å². The molecule has 1 aliphatic carbocycles. The normalized spacial score (nSPS) is 17.8. The Morgan fingerprint density at radius 2 is 1.72 bits per heavy atom. The maximum atomic E-state index is 13.3. The van der Waals surface area contributed by atoms with Crippen LogP contribution in [0, 0.1) is 19.8 Å². The standard InChI is InChI=1S/C26H34N4O2/c1-18-10-11-21(16-19(18)2)25(31)29-24(20-8-4-3-5-9-20)26(32)28-22-12-13-23(27-17-22)30-14-6-7-15-30/h10-13,16-17,20,24H,3-9,14-15H2,1-2H3,(H,28,32)(H,29,31)/t24-/m1/s1. The van der Waals surface area contributed by atoms with Crippen molar-refractivity contribution in [2.75, 3.05) is 23.3 Å². The molecular formula is C26H34N4O2. The summed E-state index contributed by atoms with van der Waals surface area (Å²) in [6, 6.07) is 8.98.